The summed E-state index contributed by atoms with van der Waals surface area (Å²) >= 11 is 7.06. The smallest absolute Gasteiger partial charge is 0.325 e. The third kappa shape index (κ3) is 5.54. The Balaban J connectivity index is 1.53. The van der Waals surface area contributed by atoms with E-state index in [9.17, 15) is 9.59 Å². The van der Waals surface area contributed by atoms with Crippen molar-refractivity contribution in [3.63, 3.8) is 0 Å². The summed E-state index contributed by atoms with van der Waals surface area (Å²) in [4.78, 5) is 28.4. The molecule has 8 heteroatoms. The van der Waals surface area contributed by atoms with Gasteiger partial charge in [0.1, 0.15) is 5.69 Å². The molecule has 3 rings (SSSR count). The summed E-state index contributed by atoms with van der Waals surface area (Å²) in [6.07, 6.45) is 0. The van der Waals surface area contributed by atoms with E-state index in [4.69, 9.17) is 11.6 Å². The maximum Gasteiger partial charge on any atom is 0.325 e. The first kappa shape index (κ1) is 18.9. The van der Waals surface area contributed by atoms with Crippen LogP contribution in [0.5, 0.6) is 0 Å². The van der Waals surface area contributed by atoms with Crippen molar-refractivity contribution in [3.8, 4) is 0 Å². The zero-order valence-corrected chi connectivity index (χ0v) is 16.0. The van der Waals surface area contributed by atoms with Crippen molar-refractivity contribution < 1.29 is 9.59 Å². The molecule has 0 unspecified atom stereocenters. The van der Waals surface area contributed by atoms with Gasteiger partial charge in [-0.3, -0.25) is 10.1 Å². The van der Waals surface area contributed by atoms with Crippen molar-refractivity contribution in [1.29, 1.82) is 0 Å². The summed E-state index contributed by atoms with van der Waals surface area (Å²) in [6.45, 7) is 2.42. The van der Waals surface area contributed by atoms with E-state index in [0.717, 1.165) is 11.1 Å². The third-order valence-corrected chi connectivity index (χ3v) is 4.61. The minimum absolute atomic E-state index is 0.255. The van der Waals surface area contributed by atoms with Gasteiger partial charge in [0, 0.05) is 22.6 Å². The van der Waals surface area contributed by atoms with E-state index in [1.54, 1.807) is 29.6 Å². The van der Waals surface area contributed by atoms with Crippen molar-refractivity contribution in [3.05, 3.63) is 75.8 Å². The zero-order valence-electron chi connectivity index (χ0n) is 14.5. The number of amides is 3. The van der Waals surface area contributed by atoms with Gasteiger partial charge in [-0.05, 0) is 30.7 Å². The molecule has 0 aliphatic heterocycles. The summed E-state index contributed by atoms with van der Waals surface area (Å²) in [6, 6.07) is 14.2. The average molecular weight is 401 g/mol. The van der Waals surface area contributed by atoms with Gasteiger partial charge in [-0.25, -0.2) is 9.78 Å². The van der Waals surface area contributed by atoms with Gasteiger partial charge in [-0.2, -0.15) is 0 Å². The highest BCUT2D eigenvalue weighted by Gasteiger charge is 2.12. The van der Waals surface area contributed by atoms with Crippen molar-refractivity contribution >= 4 is 45.7 Å². The monoisotopic (exact) mass is 400 g/mol. The molecule has 3 aromatic rings. The maximum absolute atomic E-state index is 12.2. The Morgan fingerprint density at radius 2 is 1.89 bits per heavy atom. The lowest BCUT2D eigenvalue weighted by Gasteiger charge is -2.05. The van der Waals surface area contributed by atoms with E-state index in [-0.39, 0.29) is 11.6 Å². The maximum atomic E-state index is 12.2. The van der Waals surface area contributed by atoms with E-state index in [1.807, 2.05) is 31.2 Å². The Hall–Kier alpha value is -2.90. The molecule has 1 heterocycles. The van der Waals surface area contributed by atoms with Gasteiger partial charge < -0.3 is 10.6 Å². The Kier molecular flexibility index (Phi) is 6.05. The number of anilines is 2. The molecule has 0 radical (unpaired) electrons. The lowest BCUT2D eigenvalue weighted by Crippen LogP contribution is -2.23. The fourth-order valence-electron chi connectivity index (χ4n) is 2.24. The SMILES string of the molecule is Cc1ccc(CNC(=O)c2csc(NC(=O)Nc3cccc(Cl)c3)n2)cc1. The van der Waals surface area contributed by atoms with Crippen LogP contribution in [0.15, 0.2) is 53.9 Å². The number of nitrogens with one attached hydrogen (secondary N) is 3. The van der Waals surface area contributed by atoms with Crippen molar-refractivity contribution in [2.75, 3.05) is 10.6 Å². The molecule has 27 heavy (non-hydrogen) atoms. The summed E-state index contributed by atoms with van der Waals surface area (Å²) in [5.41, 5.74) is 2.98. The predicted molar refractivity (Wildman–Crippen MR) is 109 cm³/mol. The van der Waals surface area contributed by atoms with Crippen LogP contribution < -0.4 is 16.0 Å². The number of carbonyl (C=O) groups is 2. The number of thiazole rings is 1. The minimum atomic E-state index is -0.460. The number of aryl methyl sites for hydroxylation is 1. The lowest BCUT2D eigenvalue weighted by atomic mass is 10.1. The molecule has 0 aliphatic carbocycles. The number of carbonyl (C=O) groups excluding carboxylic acids is 2. The van der Waals surface area contributed by atoms with Gasteiger partial charge in [0.25, 0.3) is 5.91 Å². The summed E-state index contributed by atoms with van der Waals surface area (Å²) in [5, 5.41) is 10.5. The molecule has 0 fully saturated rings. The quantitative estimate of drug-likeness (QED) is 0.581. The van der Waals surface area contributed by atoms with Crippen molar-refractivity contribution in [2.45, 2.75) is 13.5 Å². The lowest BCUT2D eigenvalue weighted by molar-refractivity contribution is 0.0946. The van der Waals surface area contributed by atoms with Gasteiger partial charge in [0.15, 0.2) is 5.13 Å². The number of aromatic nitrogens is 1. The molecule has 0 saturated carbocycles. The molecule has 0 atom stereocenters. The van der Waals surface area contributed by atoms with E-state index in [1.165, 1.54) is 11.3 Å². The summed E-state index contributed by atoms with van der Waals surface area (Å²) in [7, 11) is 0. The van der Waals surface area contributed by atoms with Crippen LogP contribution >= 0.6 is 22.9 Å². The Morgan fingerprint density at radius 3 is 2.63 bits per heavy atom. The van der Waals surface area contributed by atoms with E-state index >= 15 is 0 Å². The average Bonchev–Trinajstić information content (AvgIpc) is 3.09. The normalized spacial score (nSPS) is 10.3. The van der Waals surface area contributed by atoms with Crippen molar-refractivity contribution in [1.82, 2.24) is 10.3 Å². The molecular formula is C19H17ClN4O2S. The first-order valence-electron chi connectivity index (χ1n) is 8.12. The van der Waals surface area contributed by atoms with Gasteiger partial charge in [-0.15, -0.1) is 11.3 Å². The second-order valence-electron chi connectivity index (χ2n) is 5.80. The standard InChI is InChI=1S/C19H17ClN4O2S/c1-12-5-7-13(8-6-12)10-21-17(25)16-11-27-19(23-16)24-18(26)22-15-4-2-3-14(20)9-15/h2-9,11H,10H2,1H3,(H,21,25)(H2,22,23,24,26). The number of hydrogen-bond acceptors (Lipinski definition) is 4. The first-order chi connectivity index (χ1) is 13.0. The molecule has 6 nitrogen and oxygen atoms in total. The predicted octanol–water partition coefficient (Wildman–Crippen LogP) is 4.68. The second-order valence-corrected chi connectivity index (χ2v) is 7.09. The molecule has 3 amide bonds. The first-order valence-corrected chi connectivity index (χ1v) is 9.38. The van der Waals surface area contributed by atoms with Gasteiger partial charge in [0.2, 0.25) is 0 Å². The van der Waals surface area contributed by atoms with Crippen LogP contribution in [0, 0.1) is 6.92 Å². The van der Waals surface area contributed by atoms with Crippen molar-refractivity contribution in [2.24, 2.45) is 0 Å². The van der Waals surface area contributed by atoms with Crippen LogP contribution in [-0.4, -0.2) is 16.9 Å². The molecule has 3 N–H and O–H groups in total. The van der Waals surface area contributed by atoms with Crippen LogP contribution in [0.1, 0.15) is 21.6 Å². The number of nitrogens with zero attached hydrogens (tertiary/aromatic N) is 1. The van der Waals surface area contributed by atoms with E-state index < -0.39 is 6.03 Å². The summed E-state index contributed by atoms with van der Waals surface area (Å²) in [5.74, 6) is -0.296. The molecule has 0 spiro atoms. The number of hydrogen-bond donors (Lipinski definition) is 3. The van der Waals surface area contributed by atoms with E-state index in [0.29, 0.717) is 22.4 Å². The van der Waals surface area contributed by atoms with Crippen LogP contribution in [0.4, 0.5) is 15.6 Å². The van der Waals surface area contributed by atoms with Crippen LogP contribution in [-0.2, 0) is 6.54 Å². The number of rotatable bonds is 5. The topological polar surface area (TPSA) is 83.1 Å². The summed E-state index contributed by atoms with van der Waals surface area (Å²) < 4.78 is 0. The Labute approximate surface area is 165 Å². The number of benzene rings is 2. The van der Waals surface area contributed by atoms with Gasteiger partial charge in [0.05, 0.1) is 0 Å². The Morgan fingerprint density at radius 1 is 1.11 bits per heavy atom. The van der Waals surface area contributed by atoms with Crippen LogP contribution in [0.3, 0.4) is 0 Å². The molecular weight excluding hydrogens is 384 g/mol. The second kappa shape index (κ2) is 8.66. The highest BCUT2D eigenvalue weighted by atomic mass is 35.5. The molecule has 0 aliphatic rings. The Bertz CT molecular complexity index is 956. The highest BCUT2D eigenvalue weighted by molar-refractivity contribution is 7.14. The van der Waals surface area contributed by atoms with Gasteiger partial charge in [-0.1, -0.05) is 47.5 Å². The molecule has 1 aromatic heterocycles. The molecule has 0 bridgehead atoms. The van der Waals surface area contributed by atoms with Crippen LogP contribution in [0.2, 0.25) is 5.02 Å². The fraction of sp³-hybridized carbons (Fsp3) is 0.105. The third-order valence-electron chi connectivity index (χ3n) is 3.61. The number of urea groups is 1. The fourth-order valence-corrected chi connectivity index (χ4v) is 3.12. The largest absolute Gasteiger partial charge is 0.347 e. The molecule has 0 saturated heterocycles. The van der Waals surface area contributed by atoms with E-state index in [2.05, 4.69) is 20.9 Å². The number of halogens is 1. The van der Waals surface area contributed by atoms with Crippen LogP contribution in [0.25, 0.3) is 0 Å². The minimum Gasteiger partial charge on any atom is -0.347 e. The molecule has 138 valence electrons. The van der Waals surface area contributed by atoms with Gasteiger partial charge >= 0.3 is 6.03 Å². The molecule has 2 aromatic carbocycles. The zero-order chi connectivity index (χ0) is 19.2. The highest BCUT2D eigenvalue weighted by Crippen LogP contribution is 2.18.